The lowest BCUT2D eigenvalue weighted by atomic mass is 10.1. The van der Waals surface area contributed by atoms with Crippen molar-refractivity contribution in [2.45, 2.75) is 24.7 Å². The minimum absolute atomic E-state index is 0.0229. The number of benzene rings is 2. The van der Waals surface area contributed by atoms with Crippen molar-refractivity contribution in [2.24, 2.45) is 5.14 Å². The third-order valence-electron chi connectivity index (χ3n) is 3.96. The van der Waals surface area contributed by atoms with Gasteiger partial charge in [0.1, 0.15) is 0 Å². The van der Waals surface area contributed by atoms with Gasteiger partial charge in [-0.25, -0.2) is 18.4 Å². The molecule has 4 N–H and O–H groups in total. The van der Waals surface area contributed by atoms with Crippen molar-refractivity contribution in [1.82, 2.24) is 10.6 Å². The van der Waals surface area contributed by atoms with Crippen LogP contribution < -0.4 is 15.8 Å². The molecular formula is C19H23N3O4S. The molecule has 0 fully saturated rings. The first-order chi connectivity index (χ1) is 12.8. The van der Waals surface area contributed by atoms with Gasteiger partial charge in [-0.3, -0.25) is 4.79 Å². The normalized spacial score (nSPS) is 11.0. The van der Waals surface area contributed by atoms with E-state index in [9.17, 15) is 18.0 Å². The summed E-state index contributed by atoms with van der Waals surface area (Å²) in [4.78, 5) is 23.8. The Morgan fingerprint density at radius 1 is 0.926 bits per heavy atom. The molecule has 0 bridgehead atoms. The number of carbonyl (C=O) groups excluding carboxylic acids is 2. The minimum atomic E-state index is -3.70. The zero-order valence-corrected chi connectivity index (χ0v) is 15.9. The number of primary sulfonamides is 1. The van der Waals surface area contributed by atoms with Crippen molar-refractivity contribution in [3.05, 3.63) is 65.2 Å². The van der Waals surface area contributed by atoms with Crippen LogP contribution in [-0.2, 0) is 16.4 Å². The Labute approximate surface area is 159 Å². The van der Waals surface area contributed by atoms with Crippen LogP contribution in [-0.4, -0.2) is 33.3 Å². The van der Waals surface area contributed by atoms with E-state index in [4.69, 9.17) is 5.14 Å². The molecule has 0 aromatic heterocycles. The van der Waals surface area contributed by atoms with Crippen LogP contribution in [0, 0.1) is 6.92 Å². The molecule has 2 aromatic carbocycles. The molecular weight excluding hydrogens is 366 g/mol. The molecule has 2 aromatic rings. The van der Waals surface area contributed by atoms with Crippen LogP contribution in [0.3, 0.4) is 0 Å². The molecule has 8 heteroatoms. The third kappa shape index (κ3) is 6.84. The smallest absolute Gasteiger partial charge is 0.314 e. The number of hydrogen-bond donors (Lipinski definition) is 3. The Bertz CT molecular complexity index is 892. The summed E-state index contributed by atoms with van der Waals surface area (Å²) in [5.74, 6) is -0.0229. The topological polar surface area (TPSA) is 118 Å². The van der Waals surface area contributed by atoms with Crippen molar-refractivity contribution in [2.75, 3.05) is 13.1 Å². The predicted molar refractivity (Wildman–Crippen MR) is 103 cm³/mol. The van der Waals surface area contributed by atoms with Gasteiger partial charge < -0.3 is 10.6 Å². The lowest BCUT2D eigenvalue weighted by molar-refractivity contribution is 0.0983. The average molecular weight is 389 g/mol. The fourth-order valence-corrected chi connectivity index (χ4v) is 2.92. The number of nitrogens with one attached hydrogen (secondary N) is 2. The lowest BCUT2D eigenvalue weighted by Gasteiger charge is -2.08. The van der Waals surface area contributed by atoms with Crippen LogP contribution in [0.5, 0.6) is 0 Å². The van der Waals surface area contributed by atoms with Gasteiger partial charge in [0.15, 0.2) is 5.78 Å². The summed E-state index contributed by atoms with van der Waals surface area (Å²) in [5.41, 5.74) is 2.59. The largest absolute Gasteiger partial charge is 0.338 e. The van der Waals surface area contributed by atoms with Crippen molar-refractivity contribution in [3.8, 4) is 0 Å². The Hall–Kier alpha value is -2.71. The van der Waals surface area contributed by atoms with Crippen LogP contribution >= 0.6 is 0 Å². The first kappa shape index (κ1) is 20.6. The molecule has 144 valence electrons. The number of rotatable bonds is 8. The van der Waals surface area contributed by atoms with Gasteiger partial charge in [0.25, 0.3) is 0 Å². The van der Waals surface area contributed by atoms with Crippen LogP contribution in [0.1, 0.15) is 27.9 Å². The highest BCUT2D eigenvalue weighted by Gasteiger charge is 2.08. The fourth-order valence-electron chi connectivity index (χ4n) is 2.40. The lowest BCUT2D eigenvalue weighted by Crippen LogP contribution is -2.37. The maximum atomic E-state index is 12.0. The Kier molecular flexibility index (Phi) is 7.09. The second kappa shape index (κ2) is 9.29. The van der Waals surface area contributed by atoms with Crippen LogP contribution in [0.25, 0.3) is 0 Å². The van der Waals surface area contributed by atoms with Gasteiger partial charge in [0.05, 0.1) is 4.90 Å². The van der Waals surface area contributed by atoms with Gasteiger partial charge in [-0.05, 0) is 31.0 Å². The number of ketones is 1. The number of sulfonamides is 1. The number of Topliss-reactive ketones (excluding diaryl/α,β-unsaturated/α-hetero) is 1. The van der Waals surface area contributed by atoms with Gasteiger partial charge in [-0.2, -0.15) is 0 Å². The van der Waals surface area contributed by atoms with Crippen molar-refractivity contribution in [1.29, 1.82) is 0 Å². The van der Waals surface area contributed by atoms with Gasteiger partial charge in [-0.1, -0.05) is 42.0 Å². The summed E-state index contributed by atoms with van der Waals surface area (Å²) >= 11 is 0. The van der Waals surface area contributed by atoms with E-state index in [2.05, 4.69) is 10.6 Å². The summed E-state index contributed by atoms with van der Waals surface area (Å²) in [6, 6.07) is 13.1. The molecule has 7 nitrogen and oxygen atoms in total. The quantitative estimate of drug-likeness (QED) is 0.596. The summed E-state index contributed by atoms with van der Waals surface area (Å²) in [6.07, 6.45) is 0.770. The molecule has 0 aliphatic rings. The number of carbonyl (C=O) groups is 2. The predicted octanol–water partition coefficient (Wildman–Crippen LogP) is 1.76. The minimum Gasteiger partial charge on any atom is -0.338 e. The van der Waals surface area contributed by atoms with Gasteiger partial charge in [0.2, 0.25) is 10.0 Å². The molecule has 0 aliphatic carbocycles. The molecule has 0 saturated carbocycles. The average Bonchev–Trinajstić information content (AvgIpc) is 2.62. The van der Waals surface area contributed by atoms with Crippen LogP contribution in [0.15, 0.2) is 53.4 Å². The Morgan fingerprint density at radius 2 is 1.52 bits per heavy atom. The zero-order valence-electron chi connectivity index (χ0n) is 15.1. The van der Waals surface area contributed by atoms with E-state index in [0.29, 0.717) is 18.5 Å². The second-order valence-corrected chi connectivity index (χ2v) is 7.72. The van der Waals surface area contributed by atoms with Crippen molar-refractivity contribution < 1.29 is 18.0 Å². The number of aryl methyl sites for hydroxylation is 1. The molecule has 0 heterocycles. The maximum absolute atomic E-state index is 12.0. The first-order valence-electron chi connectivity index (χ1n) is 8.49. The standard InChI is InChI=1S/C19H23N3O4S/c1-14-2-6-16(7-3-14)18(23)11-13-22-19(24)21-12-10-15-4-8-17(9-5-15)27(20,25)26/h2-9H,10-13H2,1H3,(H2,20,25,26)(H2,21,22,24). The fraction of sp³-hybridized carbons (Fsp3) is 0.263. The molecule has 0 radical (unpaired) electrons. The molecule has 0 unspecified atom stereocenters. The highest BCUT2D eigenvalue weighted by molar-refractivity contribution is 7.89. The Morgan fingerprint density at radius 3 is 2.11 bits per heavy atom. The SMILES string of the molecule is Cc1ccc(C(=O)CCNC(=O)NCCc2ccc(S(N)(=O)=O)cc2)cc1. The number of nitrogens with two attached hydrogens (primary N) is 1. The molecule has 0 spiro atoms. The summed E-state index contributed by atoms with van der Waals surface area (Å²) in [6.45, 7) is 2.59. The van der Waals surface area contributed by atoms with Crippen LogP contribution in [0.2, 0.25) is 0 Å². The van der Waals surface area contributed by atoms with E-state index in [1.54, 1.807) is 24.3 Å². The summed E-state index contributed by atoms with van der Waals surface area (Å²) < 4.78 is 22.4. The van der Waals surface area contributed by atoms with Crippen molar-refractivity contribution >= 4 is 21.8 Å². The van der Waals surface area contributed by atoms with E-state index < -0.39 is 10.0 Å². The third-order valence-corrected chi connectivity index (χ3v) is 4.89. The maximum Gasteiger partial charge on any atom is 0.314 e. The molecule has 27 heavy (non-hydrogen) atoms. The highest BCUT2D eigenvalue weighted by atomic mass is 32.2. The molecule has 0 atom stereocenters. The molecule has 0 saturated heterocycles. The molecule has 2 rings (SSSR count). The second-order valence-electron chi connectivity index (χ2n) is 6.16. The molecule has 0 aliphatic heterocycles. The zero-order chi connectivity index (χ0) is 19.9. The van der Waals surface area contributed by atoms with Crippen molar-refractivity contribution in [3.63, 3.8) is 0 Å². The van der Waals surface area contributed by atoms with E-state index >= 15 is 0 Å². The van der Waals surface area contributed by atoms with E-state index in [0.717, 1.165) is 11.1 Å². The van der Waals surface area contributed by atoms with E-state index in [1.165, 1.54) is 12.1 Å². The van der Waals surface area contributed by atoms with E-state index in [-0.39, 0.29) is 29.7 Å². The van der Waals surface area contributed by atoms with E-state index in [1.807, 2.05) is 19.1 Å². The molecule has 2 amide bonds. The van der Waals surface area contributed by atoms with Crippen LogP contribution in [0.4, 0.5) is 4.79 Å². The van der Waals surface area contributed by atoms with Gasteiger partial charge in [0, 0.05) is 25.1 Å². The number of amides is 2. The number of urea groups is 1. The first-order valence-corrected chi connectivity index (χ1v) is 10.0. The summed E-state index contributed by atoms with van der Waals surface area (Å²) in [7, 11) is -3.70. The highest BCUT2D eigenvalue weighted by Crippen LogP contribution is 2.09. The van der Waals surface area contributed by atoms with Gasteiger partial charge >= 0.3 is 6.03 Å². The number of hydrogen-bond acceptors (Lipinski definition) is 4. The summed E-state index contributed by atoms with van der Waals surface area (Å²) in [5, 5.41) is 10.4. The van der Waals surface area contributed by atoms with Gasteiger partial charge in [-0.15, -0.1) is 0 Å². The Balaban J connectivity index is 1.67. The monoisotopic (exact) mass is 389 g/mol.